The van der Waals surface area contributed by atoms with Gasteiger partial charge in [0.25, 0.3) is 0 Å². The van der Waals surface area contributed by atoms with Crippen molar-refractivity contribution in [3.05, 3.63) is 42.5 Å². The molecule has 2 aliphatic rings. The maximum absolute atomic E-state index is 12.7. The summed E-state index contributed by atoms with van der Waals surface area (Å²) in [6.45, 7) is 6.74. The predicted molar refractivity (Wildman–Crippen MR) is 110 cm³/mol. The first kappa shape index (κ1) is 20.4. The lowest BCUT2D eigenvalue weighted by Crippen LogP contribution is -2.43. The van der Waals surface area contributed by atoms with E-state index in [0.29, 0.717) is 18.9 Å². The number of piperidine rings is 2. The summed E-state index contributed by atoms with van der Waals surface area (Å²) in [5, 5.41) is 0. The summed E-state index contributed by atoms with van der Waals surface area (Å²) in [5.74, 6) is 2.03. The number of nitrogens with zero attached hydrogens (tertiary/aromatic N) is 2. The molecule has 1 aromatic rings. The Hall–Kier alpha value is -2.30. The average molecular weight is 385 g/mol. The lowest BCUT2D eigenvalue weighted by molar-refractivity contribution is -0.135. The Morgan fingerprint density at radius 2 is 1.79 bits per heavy atom. The molecule has 1 atom stereocenters. The van der Waals surface area contributed by atoms with E-state index in [9.17, 15) is 9.59 Å². The smallest absolute Gasteiger partial charge is 0.245 e. The van der Waals surface area contributed by atoms with Gasteiger partial charge in [0, 0.05) is 32.6 Å². The van der Waals surface area contributed by atoms with Crippen molar-refractivity contribution in [3.8, 4) is 5.75 Å². The third-order valence-electron chi connectivity index (χ3n) is 6.12. The van der Waals surface area contributed by atoms with Crippen LogP contribution in [0.3, 0.4) is 0 Å². The Morgan fingerprint density at radius 3 is 2.43 bits per heavy atom. The molecule has 0 aromatic heterocycles. The number of hydrogen-bond donors (Lipinski definition) is 0. The van der Waals surface area contributed by atoms with Gasteiger partial charge in [-0.3, -0.25) is 9.59 Å². The Morgan fingerprint density at radius 1 is 1.07 bits per heavy atom. The summed E-state index contributed by atoms with van der Waals surface area (Å²) in [5.41, 5.74) is 1.33. The molecule has 0 aliphatic carbocycles. The third-order valence-corrected chi connectivity index (χ3v) is 6.12. The maximum atomic E-state index is 12.7. The Bertz CT molecular complexity index is 678. The van der Waals surface area contributed by atoms with Crippen molar-refractivity contribution in [1.29, 1.82) is 0 Å². The van der Waals surface area contributed by atoms with Gasteiger partial charge in [-0.1, -0.05) is 18.7 Å². The molecule has 0 saturated carbocycles. The van der Waals surface area contributed by atoms with Crippen molar-refractivity contribution in [3.63, 3.8) is 0 Å². The summed E-state index contributed by atoms with van der Waals surface area (Å²) in [6.07, 6.45) is 7.12. The van der Waals surface area contributed by atoms with Crippen LogP contribution in [-0.2, 0) is 16.0 Å². The second kappa shape index (κ2) is 9.76. The lowest BCUT2D eigenvalue weighted by atomic mass is 9.89. The van der Waals surface area contributed by atoms with Gasteiger partial charge in [-0.2, -0.15) is 0 Å². The number of hydrogen-bond acceptors (Lipinski definition) is 3. The molecule has 0 radical (unpaired) electrons. The Balaban J connectivity index is 1.43. The van der Waals surface area contributed by atoms with E-state index >= 15 is 0 Å². The van der Waals surface area contributed by atoms with E-state index in [1.54, 1.807) is 7.11 Å². The fourth-order valence-electron chi connectivity index (χ4n) is 4.42. The normalized spacial score (nSPS) is 20.7. The van der Waals surface area contributed by atoms with E-state index in [-0.39, 0.29) is 17.7 Å². The van der Waals surface area contributed by atoms with Crippen LogP contribution in [-0.4, -0.2) is 54.9 Å². The molecule has 2 aliphatic heterocycles. The van der Waals surface area contributed by atoms with Crippen molar-refractivity contribution in [2.75, 3.05) is 33.3 Å². The van der Waals surface area contributed by atoms with Gasteiger partial charge in [0.15, 0.2) is 0 Å². The zero-order chi connectivity index (χ0) is 19.9. The number of amides is 2. The molecule has 0 N–H and O–H groups in total. The number of likely N-dealkylation sites (tertiary alicyclic amines) is 2. The second-order valence-electron chi connectivity index (χ2n) is 8.08. The minimum atomic E-state index is -0.0171. The molecule has 0 spiro atoms. The van der Waals surface area contributed by atoms with Gasteiger partial charge in [-0.05, 0) is 67.7 Å². The molecule has 2 fully saturated rings. The van der Waals surface area contributed by atoms with Gasteiger partial charge in [-0.25, -0.2) is 0 Å². The van der Waals surface area contributed by atoms with E-state index in [1.807, 2.05) is 21.9 Å². The highest BCUT2D eigenvalue weighted by Gasteiger charge is 2.28. The van der Waals surface area contributed by atoms with Gasteiger partial charge < -0.3 is 14.5 Å². The zero-order valence-corrected chi connectivity index (χ0v) is 16.9. The molecule has 5 heteroatoms. The number of benzene rings is 1. The first-order chi connectivity index (χ1) is 13.6. The zero-order valence-electron chi connectivity index (χ0n) is 16.9. The molecular formula is C23H32N2O3. The van der Waals surface area contributed by atoms with Crippen LogP contribution in [0.5, 0.6) is 5.75 Å². The topological polar surface area (TPSA) is 49.9 Å². The highest BCUT2D eigenvalue weighted by molar-refractivity contribution is 5.87. The second-order valence-corrected chi connectivity index (χ2v) is 8.08. The summed E-state index contributed by atoms with van der Waals surface area (Å²) in [4.78, 5) is 28.4. The van der Waals surface area contributed by atoms with Crippen LogP contribution in [0, 0.1) is 11.8 Å². The molecule has 28 heavy (non-hydrogen) atoms. The minimum Gasteiger partial charge on any atom is -0.497 e. The molecule has 2 saturated heterocycles. The summed E-state index contributed by atoms with van der Waals surface area (Å²) < 4.78 is 5.22. The van der Waals surface area contributed by atoms with Crippen molar-refractivity contribution in [2.45, 2.75) is 38.5 Å². The summed E-state index contributed by atoms with van der Waals surface area (Å²) in [7, 11) is 1.68. The largest absolute Gasteiger partial charge is 0.497 e. The molecule has 2 heterocycles. The number of ether oxygens (including phenoxy) is 1. The lowest BCUT2D eigenvalue weighted by Gasteiger charge is -2.35. The fraction of sp³-hybridized carbons (Fsp3) is 0.565. The number of methoxy groups -OCH3 is 1. The number of rotatable bonds is 6. The van der Waals surface area contributed by atoms with Crippen LogP contribution in [0.2, 0.25) is 0 Å². The van der Waals surface area contributed by atoms with E-state index in [4.69, 9.17) is 4.74 Å². The van der Waals surface area contributed by atoms with Gasteiger partial charge >= 0.3 is 0 Å². The summed E-state index contributed by atoms with van der Waals surface area (Å²) in [6, 6.07) is 8.29. The summed E-state index contributed by atoms with van der Waals surface area (Å²) >= 11 is 0. The number of carbonyl (C=O) groups is 2. The van der Waals surface area contributed by atoms with Crippen molar-refractivity contribution in [1.82, 2.24) is 9.80 Å². The minimum absolute atomic E-state index is 0.0171. The monoisotopic (exact) mass is 384 g/mol. The molecule has 152 valence electrons. The predicted octanol–water partition coefficient (Wildman–Crippen LogP) is 3.29. The van der Waals surface area contributed by atoms with Crippen LogP contribution >= 0.6 is 0 Å². The first-order valence-electron chi connectivity index (χ1n) is 10.4. The quantitative estimate of drug-likeness (QED) is 0.707. The Labute approximate surface area is 168 Å². The fourth-order valence-corrected chi connectivity index (χ4v) is 4.42. The van der Waals surface area contributed by atoms with E-state index in [1.165, 1.54) is 11.6 Å². The maximum Gasteiger partial charge on any atom is 0.245 e. The van der Waals surface area contributed by atoms with Crippen LogP contribution < -0.4 is 4.74 Å². The van der Waals surface area contributed by atoms with Gasteiger partial charge in [0.1, 0.15) is 5.75 Å². The van der Waals surface area contributed by atoms with E-state index in [0.717, 1.165) is 57.5 Å². The molecule has 5 nitrogen and oxygen atoms in total. The van der Waals surface area contributed by atoms with Crippen molar-refractivity contribution in [2.24, 2.45) is 11.8 Å². The van der Waals surface area contributed by atoms with Gasteiger partial charge in [0.05, 0.1) is 7.11 Å². The van der Waals surface area contributed by atoms with Crippen molar-refractivity contribution >= 4 is 11.8 Å². The van der Waals surface area contributed by atoms with E-state index < -0.39 is 0 Å². The molecule has 1 aromatic carbocycles. The van der Waals surface area contributed by atoms with Crippen LogP contribution in [0.25, 0.3) is 0 Å². The molecule has 0 bridgehead atoms. The third kappa shape index (κ3) is 5.37. The highest BCUT2D eigenvalue weighted by Crippen LogP contribution is 2.25. The first-order valence-corrected chi connectivity index (χ1v) is 10.4. The van der Waals surface area contributed by atoms with Crippen LogP contribution in [0.15, 0.2) is 36.9 Å². The number of carbonyl (C=O) groups excluding carboxylic acids is 2. The SMILES string of the molecule is C=CC(=O)N1CCC[C@H](CC(=O)N2CCC(Cc3ccc(OC)cc3)CC2)C1. The van der Waals surface area contributed by atoms with Crippen molar-refractivity contribution < 1.29 is 14.3 Å². The van der Waals surface area contributed by atoms with Gasteiger partial charge in [0.2, 0.25) is 11.8 Å². The van der Waals surface area contributed by atoms with Gasteiger partial charge in [-0.15, -0.1) is 0 Å². The molecule has 2 amide bonds. The standard InChI is InChI=1S/C23H32N2O3/c1-3-22(26)25-12-4-5-20(17-25)16-23(27)24-13-10-19(11-14-24)15-18-6-8-21(28-2)9-7-18/h3,6-9,19-20H,1,4-5,10-17H2,2H3/t20-/m1/s1. The van der Waals surface area contributed by atoms with Crippen LogP contribution in [0.1, 0.15) is 37.7 Å². The molecule has 3 rings (SSSR count). The van der Waals surface area contributed by atoms with Crippen LogP contribution in [0.4, 0.5) is 0 Å². The molecule has 0 unspecified atom stereocenters. The molecular weight excluding hydrogens is 352 g/mol. The highest BCUT2D eigenvalue weighted by atomic mass is 16.5. The Kier molecular flexibility index (Phi) is 7.12. The average Bonchev–Trinajstić information content (AvgIpc) is 2.74. The van der Waals surface area contributed by atoms with E-state index in [2.05, 4.69) is 18.7 Å².